The first-order valence-electron chi connectivity index (χ1n) is 8.43. The van der Waals surface area contributed by atoms with Crippen LogP contribution in [0.25, 0.3) is 0 Å². The molecule has 2 aromatic carbocycles. The predicted molar refractivity (Wildman–Crippen MR) is 102 cm³/mol. The van der Waals surface area contributed by atoms with Crippen LogP contribution in [0.4, 0.5) is 5.69 Å². The van der Waals surface area contributed by atoms with Gasteiger partial charge >= 0.3 is 0 Å². The molecule has 6 nitrogen and oxygen atoms in total. The first-order chi connectivity index (χ1) is 12.6. The van der Waals surface area contributed by atoms with Crippen LogP contribution in [0.2, 0.25) is 0 Å². The number of rotatable bonds is 9. The Hall–Kier alpha value is -2.73. The van der Waals surface area contributed by atoms with Gasteiger partial charge in [0.05, 0.1) is 27.0 Å². The molecule has 0 aromatic heterocycles. The number of hydrogen-bond acceptors (Lipinski definition) is 5. The van der Waals surface area contributed by atoms with Gasteiger partial charge in [-0.25, -0.2) is 0 Å². The third kappa shape index (κ3) is 5.39. The molecule has 0 aliphatic heterocycles. The van der Waals surface area contributed by atoms with Crippen LogP contribution in [-0.2, 0) is 11.3 Å². The number of ether oxygens (including phenoxy) is 3. The molecule has 0 aliphatic rings. The molecule has 6 heteroatoms. The number of amides is 1. The molecule has 26 heavy (non-hydrogen) atoms. The number of hydrogen-bond donors (Lipinski definition) is 2. The zero-order valence-electron chi connectivity index (χ0n) is 15.7. The summed E-state index contributed by atoms with van der Waals surface area (Å²) in [4.78, 5) is 12.1. The molecule has 0 spiro atoms. The van der Waals surface area contributed by atoms with E-state index >= 15 is 0 Å². The van der Waals surface area contributed by atoms with E-state index in [4.69, 9.17) is 14.2 Å². The van der Waals surface area contributed by atoms with Gasteiger partial charge in [0.15, 0.2) is 11.5 Å². The van der Waals surface area contributed by atoms with Crippen LogP contribution in [0.15, 0.2) is 36.4 Å². The first-order valence-corrected chi connectivity index (χ1v) is 8.43. The highest BCUT2D eigenvalue weighted by Gasteiger charge is 2.08. The van der Waals surface area contributed by atoms with Crippen molar-refractivity contribution in [1.82, 2.24) is 5.32 Å². The van der Waals surface area contributed by atoms with Gasteiger partial charge in [-0.15, -0.1) is 0 Å². The zero-order chi connectivity index (χ0) is 18.9. The lowest BCUT2D eigenvalue weighted by Crippen LogP contribution is -2.21. The van der Waals surface area contributed by atoms with Crippen molar-refractivity contribution in [2.45, 2.75) is 19.9 Å². The van der Waals surface area contributed by atoms with Gasteiger partial charge in [-0.3, -0.25) is 4.79 Å². The molecule has 0 heterocycles. The van der Waals surface area contributed by atoms with E-state index in [2.05, 4.69) is 10.6 Å². The Morgan fingerprint density at radius 1 is 0.923 bits per heavy atom. The number of carbonyl (C=O) groups excluding carboxylic acids is 1. The molecule has 0 radical (unpaired) electrons. The summed E-state index contributed by atoms with van der Waals surface area (Å²) in [5.41, 5.74) is 2.81. The summed E-state index contributed by atoms with van der Waals surface area (Å²) in [7, 11) is 4.81. The van der Waals surface area contributed by atoms with Gasteiger partial charge in [0.2, 0.25) is 5.91 Å². The van der Waals surface area contributed by atoms with Gasteiger partial charge in [0.25, 0.3) is 0 Å². The van der Waals surface area contributed by atoms with E-state index in [1.807, 2.05) is 43.3 Å². The molecular formula is C20H26N2O4. The fourth-order valence-electron chi connectivity index (χ4n) is 2.56. The summed E-state index contributed by atoms with van der Waals surface area (Å²) < 4.78 is 15.8. The summed E-state index contributed by atoms with van der Waals surface area (Å²) in [5, 5.41) is 6.15. The van der Waals surface area contributed by atoms with Crippen molar-refractivity contribution in [2.75, 3.05) is 33.2 Å². The molecule has 0 atom stereocenters. The van der Waals surface area contributed by atoms with Crippen LogP contribution >= 0.6 is 0 Å². The molecule has 0 saturated carbocycles. The minimum Gasteiger partial charge on any atom is -0.495 e. The Morgan fingerprint density at radius 3 is 2.31 bits per heavy atom. The van der Waals surface area contributed by atoms with Gasteiger partial charge in [-0.1, -0.05) is 12.1 Å². The summed E-state index contributed by atoms with van der Waals surface area (Å²) in [6.45, 7) is 3.18. The second kappa shape index (κ2) is 9.68. The number of benzene rings is 2. The molecule has 0 bridgehead atoms. The van der Waals surface area contributed by atoms with Gasteiger partial charge in [-0.2, -0.15) is 0 Å². The van der Waals surface area contributed by atoms with Crippen molar-refractivity contribution in [3.8, 4) is 17.2 Å². The summed E-state index contributed by atoms with van der Waals surface area (Å²) in [6, 6.07) is 11.4. The molecule has 0 aliphatic carbocycles. The molecule has 2 rings (SSSR count). The van der Waals surface area contributed by atoms with E-state index < -0.39 is 0 Å². The largest absolute Gasteiger partial charge is 0.495 e. The van der Waals surface area contributed by atoms with E-state index in [9.17, 15) is 4.79 Å². The molecule has 0 saturated heterocycles. The Balaban J connectivity index is 1.81. The van der Waals surface area contributed by atoms with E-state index in [0.29, 0.717) is 42.4 Å². The fourth-order valence-corrected chi connectivity index (χ4v) is 2.56. The van der Waals surface area contributed by atoms with E-state index in [1.165, 1.54) is 0 Å². The summed E-state index contributed by atoms with van der Waals surface area (Å²) >= 11 is 0. The third-order valence-corrected chi connectivity index (χ3v) is 3.93. The topological polar surface area (TPSA) is 68.8 Å². The van der Waals surface area contributed by atoms with Crippen molar-refractivity contribution in [3.05, 3.63) is 47.5 Å². The Bertz CT molecular complexity index is 747. The van der Waals surface area contributed by atoms with E-state index in [1.54, 1.807) is 21.3 Å². The second-order valence-corrected chi connectivity index (χ2v) is 5.87. The smallest absolute Gasteiger partial charge is 0.225 e. The number of methoxy groups -OCH3 is 3. The highest BCUT2D eigenvalue weighted by molar-refractivity contribution is 5.92. The Kier molecular flexibility index (Phi) is 7.29. The number of nitrogens with one attached hydrogen (secondary N) is 2. The molecule has 2 aromatic rings. The van der Waals surface area contributed by atoms with Crippen molar-refractivity contribution >= 4 is 11.6 Å². The minimum atomic E-state index is -0.0614. The van der Waals surface area contributed by atoms with Crippen LogP contribution in [-0.4, -0.2) is 33.8 Å². The quantitative estimate of drug-likeness (QED) is 0.674. The summed E-state index contributed by atoms with van der Waals surface area (Å²) in [5.74, 6) is 1.98. The third-order valence-electron chi connectivity index (χ3n) is 3.93. The standard InChI is InChI=1S/C20H26N2O4/c1-14-5-7-17(24-2)16(11-14)22-20(23)9-10-21-13-15-6-8-18(25-3)19(12-15)26-4/h5-8,11-12,21H,9-10,13H2,1-4H3,(H,22,23). The van der Waals surface area contributed by atoms with E-state index in [-0.39, 0.29) is 5.91 Å². The fraction of sp³-hybridized carbons (Fsp3) is 0.350. The molecule has 0 fully saturated rings. The van der Waals surface area contributed by atoms with Gasteiger partial charge in [0.1, 0.15) is 5.75 Å². The average molecular weight is 358 g/mol. The van der Waals surface area contributed by atoms with Crippen LogP contribution < -0.4 is 24.8 Å². The molecule has 1 amide bonds. The normalized spacial score (nSPS) is 10.3. The SMILES string of the molecule is COc1ccc(C)cc1NC(=O)CCNCc1ccc(OC)c(OC)c1. The minimum absolute atomic E-state index is 0.0614. The van der Waals surface area contributed by atoms with Gasteiger partial charge < -0.3 is 24.8 Å². The van der Waals surface area contributed by atoms with Crippen LogP contribution in [0, 0.1) is 6.92 Å². The number of anilines is 1. The van der Waals surface area contributed by atoms with Gasteiger partial charge in [0, 0.05) is 19.5 Å². The molecule has 2 N–H and O–H groups in total. The monoisotopic (exact) mass is 358 g/mol. The maximum absolute atomic E-state index is 12.1. The molecule has 140 valence electrons. The highest BCUT2D eigenvalue weighted by Crippen LogP contribution is 2.27. The maximum atomic E-state index is 12.1. The van der Waals surface area contributed by atoms with Crippen LogP contribution in [0.3, 0.4) is 0 Å². The zero-order valence-corrected chi connectivity index (χ0v) is 15.7. The Morgan fingerprint density at radius 2 is 1.62 bits per heavy atom. The van der Waals surface area contributed by atoms with E-state index in [0.717, 1.165) is 11.1 Å². The Labute approximate surface area is 154 Å². The van der Waals surface area contributed by atoms with Gasteiger partial charge in [-0.05, 0) is 42.3 Å². The van der Waals surface area contributed by atoms with Crippen molar-refractivity contribution in [3.63, 3.8) is 0 Å². The highest BCUT2D eigenvalue weighted by atomic mass is 16.5. The average Bonchev–Trinajstić information content (AvgIpc) is 2.65. The first kappa shape index (κ1) is 19.6. The lowest BCUT2D eigenvalue weighted by Gasteiger charge is -2.12. The number of aryl methyl sites for hydroxylation is 1. The molecule has 0 unspecified atom stereocenters. The van der Waals surface area contributed by atoms with Crippen LogP contribution in [0.5, 0.6) is 17.2 Å². The molecular weight excluding hydrogens is 332 g/mol. The van der Waals surface area contributed by atoms with Crippen molar-refractivity contribution < 1.29 is 19.0 Å². The maximum Gasteiger partial charge on any atom is 0.225 e. The van der Waals surface area contributed by atoms with Crippen LogP contribution in [0.1, 0.15) is 17.5 Å². The summed E-state index contributed by atoms with van der Waals surface area (Å²) in [6.07, 6.45) is 0.365. The lowest BCUT2D eigenvalue weighted by atomic mass is 10.2. The number of carbonyl (C=O) groups is 1. The second-order valence-electron chi connectivity index (χ2n) is 5.87. The predicted octanol–water partition coefficient (Wildman–Crippen LogP) is 3.14. The van der Waals surface area contributed by atoms with Crippen molar-refractivity contribution in [2.24, 2.45) is 0 Å². The van der Waals surface area contributed by atoms with Crippen molar-refractivity contribution in [1.29, 1.82) is 0 Å². The lowest BCUT2D eigenvalue weighted by molar-refractivity contribution is -0.116.